The average molecular weight is 787 g/mol. The molecule has 11 aromatic rings. The van der Waals surface area contributed by atoms with Gasteiger partial charge in [0, 0.05) is 42.9 Å². The Bertz CT molecular complexity index is 3390. The second-order valence-electron chi connectivity index (χ2n) is 15.5. The highest BCUT2D eigenvalue weighted by atomic mass is 32.1. The summed E-state index contributed by atoms with van der Waals surface area (Å²) in [4.78, 5) is 7.56. The molecule has 5 heteroatoms. The number of nitrogens with zero attached hydrogens (tertiary/aromatic N) is 4. The molecule has 0 aliphatic heterocycles. The Hall–Kier alpha value is -7.47. The predicted octanol–water partition coefficient (Wildman–Crippen LogP) is 15.1. The van der Waals surface area contributed by atoms with Crippen LogP contribution in [0, 0.1) is 0 Å². The molecule has 0 radical (unpaired) electrons. The van der Waals surface area contributed by atoms with E-state index in [-0.39, 0.29) is 0 Å². The fourth-order valence-corrected chi connectivity index (χ4v) is 10.3. The highest BCUT2D eigenvalue weighted by Gasteiger charge is 2.22. The van der Waals surface area contributed by atoms with Crippen LogP contribution in [0.15, 0.2) is 200 Å². The van der Waals surface area contributed by atoms with Crippen molar-refractivity contribution in [3.8, 4) is 39.1 Å². The van der Waals surface area contributed by atoms with Gasteiger partial charge in [-0.3, -0.25) is 8.97 Å². The SMILES string of the molecule is C1=Cc2c(nc3n(-c4ccccc4)c4ccc(-c5ccc(N(c6ccc(-c7ccccc7)cc6)c6ccc(-c7cccc8c7sc7ccccc78)cc6)cc5)cc4n23)CC1. The molecule has 12 rings (SSSR count). The van der Waals surface area contributed by atoms with Crippen LogP contribution in [-0.4, -0.2) is 14.0 Å². The van der Waals surface area contributed by atoms with Crippen LogP contribution in [0.5, 0.6) is 0 Å². The maximum Gasteiger partial charge on any atom is 0.220 e. The Labute approximate surface area is 352 Å². The number of para-hydroxylation sites is 1. The Balaban J connectivity index is 0.943. The van der Waals surface area contributed by atoms with Gasteiger partial charge >= 0.3 is 0 Å². The number of benzene rings is 8. The lowest BCUT2D eigenvalue weighted by atomic mass is 10.0. The number of thiophene rings is 1. The van der Waals surface area contributed by atoms with Crippen LogP contribution < -0.4 is 4.90 Å². The van der Waals surface area contributed by atoms with Gasteiger partial charge in [-0.15, -0.1) is 11.3 Å². The zero-order chi connectivity index (χ0) is 39.6. The van der Waals surface area contributed by atoms with Gasteiger partial charge in [-0.2, -0.15) is 0 Å². The summed E-state index contributed by atoms with van der Waals surface area (Å²) in [5.41, 5.74) is 16.3. The van der Waals surface area contributed by atoms with Crippen LogP contribution in [0.2, 0.25) is 0 Å². The summed E-state index contributed by atoms with van der Waals surface area (Å²) in [5.74, 6) is 0.959. The Morgan fingerprint density at radius 3 is 1.83 bits per heavy atom. The fourth-order valence-electron chi connectivity index (χ4n) is 9.08. The largest absolute Gasteiger partial charge is 0.311 e. The third-order valence-corrected chi connectivity index (χ3v) is 13.2. The second kappa shape index (κ2) is 14.1. The Morgan fingerprint density at radius 1 is 0.500 bits per heavy atom. The molecule has 4 nitrogen and oxygen atoms in total. The highest BCUT2D eigenvalue weighted by molar-refractivity contribution is 7.26. The zero-order valence-corrected chi connectivity index (χ0v) is 33.6. The van der Waals surface area contributed by atoms with E-state index >= 15 is 0 Å². The molecule has 284 valence electrons. The van der Waals surface area contributed by atoms with Gasteiger partial charge in [-0.1, -0.05) is 133 Å². The Morgan fingerprint density at radius 2 is 1.10 bits per heavy atom. The molecule has 0 atom stereocenters. The summed E-state index contributed by atoms with van der Waals surface area (Å²) in [6.45, 7) is 0. The van der Waals surface area contributed by atoms with Gasteiger partial charge in [-0.25, -0.2) is 4.98 Å². The molecule has 8 aromatic carbocycles. The van der Waals surface area contributed by atoms with E-state index in [1.165, 1.54) is 53.7 Å². The van der Waals surface area contributed by atoms with E-state index in [4.69, 9.17) is 4.98 Å². The lowest BCUT2D eigenvalue weighted by Crippen LogP contribution is -2.09. The molecule has 3 aromatic heterocycles. The molecule has 0 fully saturated rings. The maximum absolute atomic E-state index is 5.19. The number of aryl methyl sites for hydroxylation is 1. The molecule has 1 aliphatic carbocycles. The van der Waals surface area contributed by atoms with E-state index in [0.717, 1.165) is 63.7 Å². The number of allylic oxidation sites excluding steroid dienone is 1. The fraction of sp³-hybridized carbons (Fsp3) is 0.0364. The molecule has 0 bridgehead atoms. The summed E-state index contributed by atoms with van der Waals surface area (Å²) in [7, 11) is 0. The minimum atomic E-state index is 0.959. The zero-order valence-electron chi connectivity index (χ0n) is 32.7. The summed E-state index contributed by atoms with van der Waals surface area (Å²) in [6, 6.07) is 70.4. The molecule has 0 unspecified atom stereocenters. The van der Waals surface area contributed by atoms with E-state index in [0.29, 0.717) is 0 Å². The van der Waals surface area contributed by atoms with Crippen molar-refractivity contribution in [2.75, 3.05) is 4.90 Å². The first-order valence-corrected chi connectivity index (χ1v) is 21.4. The van der Waals surface area contributed by atoms with Gasteiger partial charge in [-0.05, 0) is 119 Å². The number of hydrogen-bond acceptors (Lipinski definition) is 3. The lowest BCUT2D eigenvalue weighted by molar-refractivity contribution is 0.940. The molecule has 1 aliphatic rings. The third kappa shape index (κ3) is 5.70. The van der Waals surface area contributed by atoms with Gasteiger partial charge in [0.2, 0.25) is 5.78 Å². The summed E-state index contributed by atoms with van der Waals surface area (Å²) >= 11 is 1.87. The van der Waals surface area contributed by atoms with E-state index in [2.05, 4.69) is 220 Å². The summed E-state index contributed by atoms with van der Waals surface area (Å²) in [5, 5.41) is 2.64. The lowest BCUT2D eigenvalue weighted by Gasteiger charge is -2.26. The van der Waals surface area contributed by atoms with Crippen molar-refractivity contribution in [1.29, 1.82) is 0 Å². The normalized spacial score (nSPS) is 12.5. The van der Waals surface area contributed by atoms with E-state index in [1.54, 1.807) is 0 Å². The number of anilines is 3. The van der Waals surface area contributed by atoms with Crippen molar-refractivity contribution in [3.05, 3.63) is 212 Å². The molecule has 0 N–H and O–H groups in total. The van der Waals surface area contributed by atoms with Gasteiger partial charge in [0.25, 0.3) is 0 Å². The van der Waals surface area contributed by atoms with Crippen LogP contribution in [0.1, 0.15) is 17.8 Å². The number of fused-ring (bicyclic) bond motifs is 8. The predicted molar refractivity (Wildman–Crippen MR) is 253 cm³/mol. The van der Waals surface area contributed by atoms with Gasteiger partial charge in [0.15, 0.2) is 0 Å². The van der Waals surface area contributed by atoms with Crippen LogP contribution in [-0.2, 0) is 6.42 Å². The number of aromatic nitrogens is 3. The molecule has 3 heterocycles. The van der Waals surface area contributed by atoms with Crippen LogP contribution >= 0.6 is 11.3 Å². The standard InChI is InChI=1S/C55H38N4S/c1-3-12-37(13-4-1)38-22-29-43(30-23-38)57(45-33-26-40(27-34-45)46-17-11-18-48-47-16-7-10-21-53(47)60-54(46)48)44-31-24-39(25-32-44)41-28-35-51-52(36-41)59-50-20-9-8-19-49(50)56-55(59)58(51)42-14-5-2-6-15-42/h1-7,9-18,20-36H,8,19H2. The van der Waals surface area contributed by atoms with Gasteiger partial charge in [0.05, 0.1) is 22.4 Å². The first-order chi connectivity index (χ1) is 29.7. The monoisotopic (exact) mass is 786 g/mol. The van der Waals surface area contributed by atoms with Crippen molar-refractivity contribution in [1.82, 2.24) is 14.0 Å². The minimum absolute atomic E-state index is 0.959. The van der Waals surface area contributed by atoms with Crippen LogP contribution in [0.4, 0.5) is 17.1 Å². The van der Waals surface area contributed by atoms with Crippen molar-refractivity contribution in [2.24, 2.45) is 0 Å². The highest BCUT2D eigenvalue weighted by Crippen LogP contribution is 2.42. The van der Waals surface area contributed by atoms with Gasteiger partial charge < -0.3 is 4.90 Å². The second-order valence-corrected chi connectivity index (χ2v) is 16.6. The molecular weight excluding hydrogens is 749 g/mol. The van der Waals surface area contributed by atoms with E-state index in [1.807, 2.05) is 11.3 Å². The summed E-state index contributed by atoms with van der Waals surface area (Å²) < 4.78 is 7.29. The van der Waals surface area contributed by atoms with E-state index in [9.17, 15) is 0 Å². The number of imidazole rings is 2. The minimum Gasteiger partial charge on any atom is -0.311 e. The smallest absolute Gasteiger partial charge is 0.220 e. The molecule has 0 saturated carbocycles. The first-order valence-electron chi connectivity index (χ1n) is 20.6. The van der Waals surface area contributed by atoms with Crippen LogP contribution in [0.25, 0.3) is 82.1 Å². The maximum atomic E-state index is 5.19. The topological polar surface area (TPSA) is 25.5 Å². The van der Waals surface area contributed by atoms with E-state index < -0.39 is 0 Å². The van der Waals surface area contributed by atoms with Crippen molar-refractivity contribution < 1.29 is 0 Å². The van der Waals surface area contributed by atoms with Crippen molar-refractivity contribution in [3.63, 3.8) is 0 Å². The molecule has 0 amide bonds. The van der Waals surface area contributed by atoms with Gasteiger partial charge in [0.1, 0.15) is 0 Å². The third-order valence-electron chi connectivity index (χ3n) is 12.0. The summed E-state index contributed by atoms with van der Waals surface area (Å²) in [6.07, 6.45) is 6.49. The molecular formula is C55H38N4S. The van der Waals surface area contributed by atoms with Crippen molar-refractivity contribution in [2.45, 2.75) is 12.8 Å². The average Bonchev–Trinajstić information content (AvgIpc) is 3.99. The number of hydrogen-bond donors (Lipinski definition) is 0. The molecule has 0 saturated heterocycles. The van der Waals surface area contributed by atoms with Crippen LogP contribution in [0.3, 0.4) is 0 Å². The van der Waals surface area contributed by atoms with Crippen molar-refractivity contribution >= 4 is 71.5 Å². The quantitative estimate of drug-likeness (QED) is 0.161. The molecule has 0 spiro atoms. The first kappa shape index (κ1) is 34.6. The molecule has 60 heavy (non-hydrogen) atoms. The number of rotatable bonds is 7. The Kier molecular flexibility index (Phi) is 8.13.